The van der Waals surface area contributed by atoms with Crippen LogP contribution in [0.5, 0.6) is 11.5 Å². The number of benzene rings is 1. The number of nitrogens with zero attached hydrogens (tertiary/aromatic N) is 2. The number of hydrogen-bond acceptors (Lipinski definition) is 6. The highest BCUT2D eigenvalue weighted by atomic mass is 16.5. The fourth-order valence-electron chi connectivity index (χ4n) is 2.74. The van der Waals surface area contributed by atoms with E-state index in [1.54, 1.807) is 14.2 Å². The van der Waals surface area contributed by atoms with E-state index in [-0.39, 0.29) is 0 Å². The van der Waals surface area contributed by atoms with Crippen LogP contribution in [-0.2, 0) is 6.42 Å². The lowest BCUT2D eigenvalue weighted by Gasteiger charge is -2.07. The maximum Gasteiger partial charge on any atom is 0.226 e. The van der Waals surface area contributed by atoms with Crippen molar-refractivity contribution in [2.75, 3.05) is 27.3 Å². The molecule has 1 N–H and O–H groups in total. The van der Waals surface area contributed by atoms with Crippen LogP contribution in [-0.4, -0.2) is 37.4 Å². The minimum Gasteiger partial charge on any atom is -0.493 e. The third kappa shape index (κ3) is 3.22. The van der Waals surface area contributed by atoms with Crippen molar-refractivity contribution < 1.29 is 14.0 Å². The zero-order chi connectivity index (χ0) is 15.4. The molecule has 6 nitrogen and oxygen atoms in total. The molecule has 0 aliphatic carbocycles. The number of ether oxygens (including phenoxy) is 2. The summed E-state index contributed by atoms with van der Waals surface area (Å²) in [6.45, 7) is 2.21. The molecule has 0 amide bonds. The van der Waals surface area contributed by atoms with Crippen molar-refractivity contribution in [2.45, 2.75) is 19.3 Å². The van der Waals surface area contributed by atoms with Crippen LogP contribution in [0.1, 0.15) is 18.7 Å². The average Bonchev–Trinajstić information content (AvgIpc) is 3.23. The number of aryl methyl sites for hydroxylation is 1. The highest BCUT2D eigenvalue weighted by Gasteiger charge is 2.17. The van der Waals surface area contributed by atoms with E-state index >= 15 is 0 Å². The minimum absolute atomic E-state index is 0.584. The van der Waals surface area contributed by atoms with Gasteiger partial charge in [-0.1, -0.05) is 5.16 Å². The standard InChI is InChI=1S/C16H21N3O3/c1-20-13-5-4-12(9-14(13)21-2)16-18-15(22-19-16)6-3-11-7-8-17-10-11/h4-5,9,11,17H,3,6-8,10H2,1-2H3. The Bertz CT molecular complexity index is 621. The van der Waals surface area contributed by atoms with Gasteiger partial charge in [0.15, 0.2) is 11.5 Å². The molecule has 6 heteroatoms. The van der Waals surface area contributed by atoms with Gasteiger partial charge in [0, 0.05) is 12.0 Å². The molecule has 3 rings (SSSR count). The van der Waals surface area contributed by atoms with Gasteiger partial charge in [-0.25, -0.2) is 0 Å². The van der Waals surface area contributed by atoms with Crippen molar-refractivity contribution in [3.8, 4) is 22.9 Å². The Morgan fingerprint density at radius 2 is 2.14 bits per heavy atom. The van der Waals surface area contributed by atoms with Gasteiger partial charge in [0.05, 0.1) is 14.2 Å². The first kappa shape index (κ1) is 14.8. The summed E-state index contributed by atoms with van der Waals surface area (Å²) in [5, 5.41) is 7.44. The van der Waals surface area contributed by atoms with Gasteiger partial charge in [0.1, 0.15) is 0 Å². The molecule has 22 heavy (non-hydrogen) atoms. The fraction of sp³-hybridized carbons (Fsp3) is 0.500. The number of nitrogens with one attached hydrogen (secondary N) is 1. The molecule has 2 aromatic rings. The van der Waals surface area contributed by atoms with Crippen molar-refractivity contribution >= 4 is 0 Å². The summed E-state index contributed by atoms with van der Waals surface area (Å²) >= 11 is 0. The SMILES string of the molecule is COc1ccc(-c2noc(CCC3CCNC3)n2)cc1OC. The highest BCUT2D eigenvalue weighted by Crippen LogP contribution is 2.31. The lowest BCUT2D eigenvalue weighted by molar-refractivity contribution is 0.355. The third-order valence-electron chi connectivity index (χ3n) is 4.04. The van der Waals surface area contributed by atoms with Gasteiger partial charge < -0.3 is 19.3 Å². The van der Waals surface area contributed by atoms with Crippen LogP contribution in [0.3, 0.4) is 0 Å². The van der Waals surface area contributed by atoms with Gasteiger partial charge in [-0.15, -0.1) is 0 Å². The second kappa shape index (κ2) is 6.79. The zero-order valence-corrected chi connectivity index (χ0v) is 13.0. The smallest absolute Gasteiger partial charge is 0.226 e. The lowest BCUT2D eigenvalue weighted by Crippen LogP contribution is -2.09. The van der Waals surface area contributed by atoms with Gasteiger partial charge in [-0.3, -0.25) is 0 Å². The van der Waals surface area contributed by atoms with Crippen LogP contribution < -0.4 is 14.8 Å². The molecule has 0 saturated carbocycles. The molecule has 118 valence electrons. The van der Waals surface area contributed by atoms with Gasteiger partial charge in [-0.05, 0) is 50.0 Å². The first-order valence-electron chi connectivity index (χ1n) is 7.56. The zero-order valence-electron chi connectivity index (χ0n) is 13.0. The molecule has 1 aromatic heterocycles. The van der Waals surface area contributed by atoms with Crippen molar-refractivity contribution in [1.82, 2.24) is 15.5 Å². The minimum atomic E-state index is 0.584. The number of aromatic nitrogens is 2. The van der Waals surface area contributed by atoms with E-state index in [2.05, 4.69) is 15.5 Å². The second-order valence-electron chi connectivity index (χ2n) is 5.48. The summed E-state index contributed by atoms with van der Waals surface area (Å²) in [5.41, 5.74) is 0.857. The van der Waals surface area contributed by atoms with Crippen LogP contribution in [0.25, 0.3) is 11.4 Å². The third-order valence-corrected chi connectivity index (χ3v) is 4.04. The number of methoxy groups -OCH3 is 2. The largest absolute Gasteiger partial charge is 0.493 e. The van der Waals surface area contributed by atoms with Crippen molar-refractivity contribution in [3.05, 3.63) is 24.1 Å². The van der Waals surface area contributed by atoms with Crippen LogP contribution in [0.4, 0.5) is 0 Å². The molecule has 0 spiro atoms. The second-order valence-corrected chi connectivity index (χ2v) is 5.48. The molecule has 1 aliphatic heterocycles. The summed E-state index contributed by atoms with van der Waals surface area (Å²) in [6, 6.07) is 5.60. The van der Waals surface area contributed by atoms with Crippen LogP contribution in [0.15, 0.2) is 22.7 Å². The van der Waals surface area contributed by atoms with Gasteiger partial charge in [0.25, 0.3) is 0 Å². The predicted molar refractivity (Wildman–Crippen MR) is 82.1 cm³/mol. The van der Waals surface area contributed by atoms with E-state index in [1.807, 2.05) is 18.2 Å². The topological polar surface area (TPSA) is 69.4 Å². The van der Waals surface area contributed by atoms with Crippen LogP contribution in [0.2, 0.25) is 0 Å². The van der Waals surface area contributed by atoms with Crippen LogP contribution in [0, 0.1) is 5.92 Å². The Kier molecular flexibility index (Phi) is 4.58. The summed E-state index contributed by atoms with van der Waals surface area (Å²) < 4.78 is 15.9. The van der Waals surface area contributed by atoms with E-state index in [4.69, 9.17) is 14.0 Å². The molecule has 1 aliphatic rings. The normalized spacial score (nSPS) is 17.6. The Hall–Kier alpha value is -2.08. The Balaban J connectivity index is 1.70. The molecule has 1 fully saturated rings. The average molecular weight is 303 g/mol. The Morgan fingerprint density at radius 1 is 1.27 bits per heavy atom. The van der Waals surface area contributed by atoms with Crippen molar-refractivity contribution in [2.24, 2.45) is 5.92 Å². The lowest BCUT2D eigenvalue weighted by atomic mass is 10.0. The Morgan fingerprint density at radius 3 is 2.86 bits per heavy atom. The monoisotopic (exact) mass is 303 g/mol. The van der Waals surface area contributed by atoms with Crippen LogP contribution >= 0.6 is 0 Å². The Labute approximate surface area is 129 Å². The quantitative estimate of drug-likeness (QED) is 0.883. The molecule has 1 saturated heterocycles. The molecule has 2 heterocycles. The van der Waals surface area contributed by atoms with Gasteiger partial charge in [0.2, 0.25) is 11.7 Å². The fourth-order valence-corrected chi connectivity index (χ4v) is 2.74. The molecule has 0 radical (unpaired) electrons. The molecule has 0 bridgehead atoms. The highest BCUT2D eigenvalue weighted by molar-refractivity contribution is 5.60. The maximum absolute atomic E-state index is 5.36. The molecule has 1 unspecified atom stereocenters. The van der Waals surface area contributed by atoms with Gasteiger partial charge >= 0.3 is 0 Å². The number of hydrogen-bond donors (Lipinski definition) is 1. The first-order chi connectivity index (χ1) is 10.8. The molecule has 1 atom stereocenters. The molecular weight excluding hydrogens is 282 g/mol. The van der Waals surface area contributed by atoms with E-state index in [1.165, 1.54) is 6.42 Å². The van der Waals surface area contributed by atoms with Gasteiger partial charge in [-0.2, -0.15) is 4.98 Å². The summed E-state index contributed by atoms with van der Waals surface area (Å²) in [4.78, 5) is 4.48. The summed E-state index contributed by atoms with van der Waals surface area (Å²) in [7, 11) is 3.22. The number of rotatable bonds is 6. The summed E-state index contributed by atoms with van der Waals surface area (Å²) in [5.74, 6) is 3.33. The van der Waals surface area contributed by atoms with Crippen molar-refractivity contribution in [3.63, 3.8) is 0 Å². The van der Waals surface area contributed by atoms with E-state index in [0.29, 0.717) is 23.2 Å². The van der Waals surface area contributed by atoms with E-state index in [9.17, 15) is 0 Å². The molecular formula is C16H21N3O3. The molecule has 1 aromatic carbocycles. The van der Waals surface area contributed by atoms with E-state index in [0.717, 1.165) is 37.4 Å². The summed E-state index contributed by atoms with van der Waals surface area (Å²) in [6.07, 6.45) is 3.14. The predicted octanol–water partition coefficient (Wildman–Crippen LogP) is 2.30. The first-order valence-corrected chi connectivity index (χ1v) is 7.56. The maximum atomic E-state index is 5.36. The van der Waals surface area contributed by atoms with E-state index < -0.39 is 0 Å². The van der Waals surface area contributed by atoms with Crippen molar-refractivity contribution in [1.29, 1.82) is 0 Å².